The van der Waals surface area contributed by atoms with Gasteiger partial charge >= 0.3 is 0 Å². The summed E-state index contributed by atoms with van der Waals surface area (Å²) in [6, 6.07) is 33.4. The van der Waals surface area contributed by atoms with Crippen molar-refractivity contribution in [1.29, 1.82) is 0 Å². The molecule has 0 atom stereocenters. The Kier molecular flexibility index (Phi) is 6.30. The summed E-state index contributed by atoms with van der Waals surface area (Å²) in [5.74, 6) is 0. The molecule has 6 heterocycles. The molecule has 218 valence electrons. The van der Waals surface area contributed by atoms with E-state index in [0.717, 1.165) is 82.4 Å². The zero-order valence-corrected chi connectivity index (χ0v) is 25.1. The van der Waals surface area contributed by atoms with Gasteiger partial charge in [0.05, 0.1) is 45.6 Å². The smallest absolute Gasteiger partial charge is 0.0935 e. The van der Waals surface area contributed by atoms with E-state index in [2.05, 4.69) is 58.5 Å². The van der Waals surface area contributed by atoms with Crippen LogP contribution in [0.15, 0.2) is 122 Å². The first kappa shape index (κ1) is 26.5. The largest absolute Gasteiger partial charge is 0.255 e. The highest BCUT2D eigenvalue weighted by molar-refractivity contribution is 5.87. The maximum Gasteiger partial charge on any atom is 0.0935 e. The van der Waals surface area contributed by atoms with E-state index in [1.54, 1.807) is 12.4 Å². The molecule has 0 saturated carbocycles. The van der Waals surface area contributed by atoms with Gasteiger partial charge in [-0.1, -0.05) is 48.5 Å². The molecule has 1 aromatic carbocycles. The average molecular weight is 593 g/mol. The molecule has 2 aliphatic rings. The van der Waals surface area contributed by atoms with E-state index in [1.165, 1.54) is 33.4 Å². The van der Waals surface area contributed by atoms with Crippen molar-refractivity contribution in [3.05, 3.63) is 144 Å². The van der Waals surface area contributed by atoms with Crippen LogP contribution < -0.4 is 0 Å². The zero-order valence-electron chi connectivity index (χ0n) is 25.1. The van der Waals surface area contributed by atoms with Gasteiger partial charge in [-0.25, -0.2) is 9.97 Å². The van der Waals surface area contributed by atoms with Crippen LogP contribution in [0.25, 0.3) is 67.8 Å². The van der Waals surface area contributed by atoms with Gasteiger partial charge in [0.1, 0.15) is 0 Å². The predicted molar refractivity (Wildman–Crippen MR) is 181 cm³/mol. The van der Waals surface area contributed by atoms with Crippen LogP contribution in [0.1, 0.15) is 22.3 Å². The molecule has 0 N–H and O–H groups in total. The number of rotatable bonds is 4. The van der Waals surface area contributed by atoms with Crippen molar-refractivity contribution >= 4 is 0 Å². The summed E-state index contributed by atoms with van der Waals surface area (Å²) in [6.45, 7) is 0. The number of hydrogen-bond donors (Lipinski definition) is 0. The van der Waals surface area contributed by atoms with E-state index in [9.17, 15) is 0 Å². The molecule has 46 heavy (non-hydrogen) atoms. The second kappa shape index (κ2) is 10.9. The number of fused-ring (bicyclic) bond motifs is 6. The molecule has 0 radical (unpaired) electrons. The first-order chi connectivity index (χ1) is 22.8. The molecule has 0 unspecified atom stereocenters. The lowest BCUT2D eigenvalue weighted by atomic mass is 9.80. The van der Waals surface area contributed by atoms with Gasteiger partial charge in [-0.05, 0) is 119 Å². The van der Waals surface area contributed by atoms with Gasteiger partial charge in [-0.15, -0.1) is 0 Å². The van der Waals surface area contributed by atoms with Crippen LogP contribution in [0.3, 0.4) is 0 Å². The van der Waals surface area contributed by atoms with Crippen LogP contribution in [-0.2, 0) is 25.7 Å². The molecule has 9 rings (SSSR count). The maximum atomic E-state index is 5.32. The first-order valence-corrected chi connectivity index (χ1v) is 15.7. The topological polar surface area (TPSA) is 77.3 Å². The van der Waals surface area contributed by atoms with Gasteiger partial charge < -0.3 is 0 Å². The average Bonchev–Trinajstić information content (AvgIpc) is 3.14. The van der Waals surface area contributed by atoms with Crippen molar-refractivity contribution < 1.29 is 0 Å². The second-order valence-electron chi connectivity index (χ2n) is 11.8. The lowest BCUT2D eigenvalue weighted by molar-refractivity contribution is 0.877. The summed E-state index contributed by atoms with van der Waals surface area (Å²) < 4.78 is 0. The highest BCUT2D eigenvalue weighted by Crippen LogP contribution is 2.45. The van der Waals surface area contributed by atoms with Gasteiger partial charge in [-0.3, -0.25) is 19.9 Å². The number of hydrogen-bond acceptors (Lipinski definition) is 6. The Morgan fingerprint density at radius 2 is 0.891 bits per heavy atom. The Morgan fingerprint density at radius 1 is 0.370 bits per heavy atom. The van der Waals surface area contributed by atoms with Gasteiger partial charge in [0.15, 0.2) is 0 Å². The van der Waals surface area contributed by atoms with E-state index >= 15 is 0 Å². The molecule has 0 bridgehead atoms. The summed E-state index contributed by atoms with van der Waals surface area (Å²) in [6.07, 6.45) is 11.1. The first-order valence-electron chi connectivity index (χ1n) is 15.7. The van der Waals surface area contributed by atoms with E-state index in [4.69, 9.17) is 19.9 Å². The number of benzene rings is 1. The van der Waals surface area contributed by atoms with Crippen LogP contribution in [-0.4, -0.2) is 29.9 Å². The molecule has 2 aliphatic carbocycles. The predicted octanol–water partition coefficient (Wildman–Crippen LogP) is 8.26. The fraction of sp³-hybridized carbons (Fsp3) is 0.100. The van der Waals surface area contributed by atoms with Gasteiger partial charge in [0.2, 0.25) is 0 Å². The van der Waals surface area contributed by atoms with Crippen LogP contribution >= 0.6 is 0 Å². The normalized spacial score (nSPS) is 12.9. The van der Waals surface area contributed by atoms with Crippen LogP contribution in [0.5, 0.6) is 0 Å². The van der Waals surface area contributed by atoms with Crippen molar-refractivity contribution in [1.82, 2.24) is 29.9 Å². The van der Waals surface area contributed by atoms with Crippen molar-refractivity contribution in [3.8, 4) is 67.8 Å². The highest BCUT2D eigenvalue weighted by Gasteiger charge is 2.30. The fourth-order valence-electron chi connectivity index (χ4n) is 6.94. The van der Waals surface area contributed by atoms with Crippen LogP contribution in [0, 0.1) is 0 Å². The number of aryl methyl sites for hydroxylation is 2. The quantitative estimate of drug-likeness (QED) is 0.205. The Balaban J connectivity index is 1.20. The Hall–Kier alpha value is -5.88. The standard InChI is InChI=1S/C40H28N6/c1-3-19-41-32(9-1)34-23-29(24-35(45-34)33-10-2-4-20-42-33)25-11-13-26(14-12-25)36-30-17-15-27-7-5-21-43-37(27)39(30)46-40-31(36)18-16-28-8-6-22-44-38(28)40/h1-14,19-24H,15-18H2. The van der Waals surface area contributed by atoms with Crippen molar-refractivity contribution in [2.45, 2.75) is 25.7 Å². The number of aromatic nitrogens is 6. The summed E-state index contributed by atoms with van der Waals surface area (Å²) in [5, 5.41) is 0. The SMILES string of the molecule is c1ccc(-c2cc(-c3ccc(-c4c5c(nc6c4CCc4cccnc4-6)-c4ncccc4CC5)cc3)cc(-c3ccccn3)n2)nc1. The zero-order chi connectivity index (χ0) is 30.5. The third-order valence-corrected chi connectivity index (χ3v) is 9.11. The monoisotopic (exact) mass is 592 g/mol. The minimum absolute atomic E-state index is 0.817. The second-order valence-corrected chi connectivity index (χ2v) is 11.8. The fourth-order valence-corrected chi connectivity index (χ4v) is 6.94. The summed E-state index contributed by atoms with van der Waals surface area (Å²) in [7, 11) is 0. The number of pyridine rings is 6. The van der Waals surface area contributed by atoms with Gasteiger partial charge in [0.25, 0.3) is 0 Å². The minimum atomic E-state index is 0.817. The van der Waals surface area contributed by atoms with Crippen molar-refractivity contribution in [2.24, 2.45) is 0 Å². The van der Waals surface area contributed by atoms with Crippen LogP contribution in [0.4, 0.5) is 0 Å². The molecule has 0 spiro atoms. The van der Waals surface area contributed by atoms with Gasteiger partial charge in [0, 0.05) is 24.8 Å². The third-order valence-electron chi connectivity index (χ3n) is 9.11. The molecule has 6 aromatic heterocycles. The van der Waals surface area contributed by atoms with Crippen molar-refractivity contribution in [2.75, 3.05) is 0 Å². The van der Waals surface area contributed by atoms with E-state index in [1.807, 2.05) is 60.9 Å². The Labute approximate surface area is 267 Å². The lowest BCUT2D eigenvalue weighted by Crippen LogP contribution is -2.16. The van der Waals surface area contributed by atoms with E-state index in [0.29, 0.717) is 0 Å². The third kappa shape index (κ3) is 4.49. The van der Waals surface area contributed by atoms with Crippen LogP contribution in [0.2, 0.25) is 0 Å². The maximum absolute atomic E-state index is 5.32. The molecule has 6 nitrogen and oxygen atoms in total. The lowest BCUT2D eigenvalue weighted by Gasteiger charge is -2.28. The molecule has 0 aliphatic heterocycles. The highest BCUT2D eigenvalue weighted by atomic mass is 14.8. The molecule has 0 fully saturated rings. The molecule has 7 aromatic rings. The Morgan fingerprint density at radius 3 is 1.41 bits per heavy atom. The molecule has 6 heteroatoms. The summed E-state index contributed by atoms with van der Waals surface area (Å²) >= 11 is 0. The van der Waals surface area contributed by atoms with Crippen molar-refractivity contribution in [3.63, 3.8) is 0 Å². The molecular weight excluding hydrogens is 564 g/mol. The summed E-state index contributed by atoms with van der Waals surface area (Å²) in [5.41, 5.74) is 17.0. The summed E-state index contributed by atoms with van der Waals surface area (Å²) in [4.78, 5) is 29.1. The van der Waals surface area contributed by atoms with E-state index < -0.39 is 0 Å². The molecule has 0 amide bonds. The molecular formula is C40H28N6. The molecule has 0 saturated heterocycles. The minimum Gasteiger partial charge on any atom is -0.255 e. The van der Waals surface area contributed by atoms with Gasteiger partial charge in [-0.2, -0.15) is 0 Å². The number of nitrogens with zero attached hydrogens (tertiary/aromatic N) is 6. The van der Waals surface area contributed by atoms with E-state index in [-0.39, 0.29) is 0 Å². The Bertz CT molecular complexity index is 2110.